The van der Waals surface area contributed by atoms with Crippen molar-refractivity contribution >= 4 is 0 Å². The van der Waals surface area contributed by atoms with Gasteiger partial charge in [-0.15, -0.1) is 0 Å². The highest BCUT2D eigenvalue weighted by Crippen LogP contribution is 2.26. The predicted molar refractivity (Wildman–Crippen MR) is 70.9 cm³/mol. The summed E-state index contributed by atoms with van der Waals surface area (Å²) >= 11 is 0. The first-order valence-electron chi connectivity index (χ1n) is 6.41. The number of hydrogen-bond donors (Lipinski definition) is 1. The molecule has 4 heteroatoms. The second kappa shape index (κ2) is 5.67. The van der Waals surface area contributed by atoms with E-state index in [0.717, 1.165) is 42.0 Å². The molecule has 1 N–H and O–H groups in total. The number of methoxy groups -OCH3 is 2. The second-order valence-corrected chi connectivity index (χ2v) is 4.95. The lowest BCUT2D eigenvalue weighted by Gasteiger charge is -2.34. The van der Waals surface area contributed by atoms with E-state index in [9.17, 15) is 0 Å². The Hall–Kier alpha value is -1.13. The van der Waals surface area contributed by atoms with E-state index in [1.54, 1.807) is 14.2 Å². The van der Waals surface area contributed by atoms with Gasteiger partial charge in [-0.3, -0.25) is 4.98 Å². The lowest BCUT2D eigenvalue weighted by Crippen LogP contribution is -2.44. The van der Waals surface area contributed by atoms with Crippen LogP contribution in [0.2, 0.25) is 0 Å². The van der Waals surface area contributed by atoms with Crippen LogP contribution < -0.4 is 10.1 Å². The largest absolute Gasteiger partial charge is 0.496 e. The van der Waals surface area contributed by atoms with E-state index < -0.39 is 0 Å². The second-order valence-electron chi connectivity index (χ2n) is 4.95. The number of nitrogens with zero attached hydrogens (tertiary/aromatic N) is 1. The average molecular weight is 250 g/mol. The summed E-state index contributed by atoms with van der Waals surface area (Å²) in [7, 11) is 3.49. The molecule has 1 aromatic heterocycles. The maximum Gasteiger partial charge on any atom is 0.128 e. The zero-order valence-corrected chi connectivity index (χ0v) is 11.6. The predicted octanol–water partition coefficient (Wildman–Crippen LogP) is 1.97. The van der Waals surface area contributed by atoms with E-state index in [2.05, 4.69) is 17.2 Å². The highest BCUT2D eigenvalue weighted by molar-refractivity contribution is 5.41. The summed E-state index contributed by atoms with van der Waals surface area (Å²) in [5, 5.41) is 3.51. The molecule has 1 saturated carbocycles. The molecular weight excluding hydrogens is 228 g/mol. The van der Waals surface area contributed by atoms with E-state index in [4.69, 9.17) is 9.47 Å². The number of ether oxygens (including phenoxy) is 2. The highest BCUT2D eigenvalue weighted by Gasteiger charge is 2.28. The van der Waals surface area contributed by atoms with E-state index >= 15 is 0 Å². The monoisotopic (exact) mass is 250 g/mol. The number of pyridine rings is 1. The van der Waals surface area contributed by atoms with Gasteiger partial charge in [-0.1, -0.05) is 0 Å². The number of rotatable bonds is 5. The minimum Gasteiger partial charge on any atom is -0.496 e. The molecule has 0 unspecified atom stereocenters. The van der Waals surface area contributed by atoms with Crippen molar-refractivity contribution in [3.63, 3.8) is 0 Å². The van der Waals surface area contributed by atoms with Gasteiger partial charge in [0, 0.05) is 37.0 Å². The number of nitrogens with one attached hydrogen (secondary N) is 1. The fourth-order valence-corrected chi connectivity index (χ4v) is 2.42. The quantitative estimate of drug-likeness (QED) is 0.867. The summed E-state index contributed by atoms with van der Waals surface area (Å²) in [5.74, 6) is 0.949. The number of aryl methyl sites for hydroxylation is 1. The summed E-state index contributed by atoms with van der Waals surface area (Å²) in [6.07, 6.45) is 4.50. The van der Waals surface area contributed by atoms with Gasteiger partial charge in [0.25, 0.3) is 0 Å². The van der Waals surface area contributed by atoms with Crippen molar-refractivity contribution in [2.45, 2.75) is 45.4 Å². The minimum atomic E-state index is 0.434. The molecule has 0 radical (unpaired) electrons. The molecule has 0 spiro atoms. The summed E-state index contributed by atoms with van der Waals surface area (Å²) < 4.78 is 10.7. The molecule has 0 aromatic carbocycles. The third-order valence-corrected chi connectivity index (χ3v) is 3.74. The molecule has 18 heavy (non-hydrogen) atoms. The van der Waals surface area contributed by atoms with Gasteiger partial charge in [-0.25, -0.2) is 0 Å². The van der Waals surface area contributed by atoms with Gasteiger partial charge in [0.05, 0.1) is 18.9 Å². The first-order chi connectivity index (χ1) is 8.65. The Labute approximate surface area is 109 Å². The van der Waals surface area contributed by atoms with Crippen LogP contribution >= 0.6 is 0 Å². The van der Waals surface area contributed by atoms with Crippen molar-refractivity contribution in [3.8, 4) is 5.75 Å². The van der Waals surface area contributed by atoms with Crippen LogP contribution in [0.15, 0.2) is 6.20 Å². The minimum absolute atomic E-state index is 0.434. The molecule has 1 heterocycles. The Kier molecular flexibility index (Phi) is 4.19. The van der Waals surface area contributed by atoms with Gasteiger partial charge in [0.15, 0.2) is 0 Å². The zero-order chi connectivity index (χ0) is 13.1. The van der Waals surface area contributed by atoms with Gasteiger partial charge in [-0.05, 0) is 26.7 Å². The highest BCUT2D eigenvalue weighted by atomic mass is 16.5. The van der Waals surface area contributed by atoms with Crippen LogP contribution in [0.4, 0.5) is 0 Å². The average Bonchev–Trinajstić information content (AvgIpc) is 2.30. The number of hydrogen-bond acceptors (Lipinski definition) is 4. The standard InChI is InChI=1S/C14H22N2O2/c1-9-7-16-13(10(2)14(9)18-4)8-15-11-5-12(6-11)17-3/h7,11-12,15H,5-6,8H2,1-4H3. The number of aromatic nitrogens is 1. The van der Waals surface area contributed by atoms with Crippen LogP contribution in [-0.4, -0.2) is 31.3 Å². The van der Waals surface area contributed by atoms with Crippen LogP contribution in [0.25, 0.3) is 0 Å². The van der Waals surface area contributed by atoms with Crippen LogP contribution in [-0.2, 0) is 11.3 Å². The first kappa shape index (κ1) is 13.3. The van der Waals surface area contributed by atoms with E-state index in [-0.39, 0.29) is 0 Å². The topological polar surface area (TPSA) is 43.4 Å². The molecule has 0 bridgehead atoms. The van der Waals surface area contributed by atoms with Gasteiger partial charge < -0.3 is 14.8 Å². The lowest BCUT2D eigenvalue weighted by atomic mass is 9.89. The van der Waals surface area contributed by atoms with Crippen LogP contribution in [0, 0.1) is 13.8 Å². The Morgan fingerprint density at radius 3 is 2.67 bits per heavy atom. The normalized spacial score (nSPS) is 22.7. The van der Waals surface area contributed by atoms with Gasteiger partial charge in [0.1, 0.15) is 5.75 Å². The Morgan fingerprint density at radius 2 is 2.06 bits per heavy atom. The summed E-state index contributed by atoms with van der Waals surface area (Å²) in [6.45, 7) is 4.88. The van der Waals surface area contributed by atoms with Gasteiger partial charge in [-0.2, -0.15) is 0 Å². The fourth-order valence-electron chi connectivity index (χ4n) is 2.42. The molecular formula is C14H22N2O2. The smallest absolute Gasteiger partial charge is 0.128 e. The molecule has 2 rings (SSSR count). The molecule has 1 aliphatic rings. The molecule has 1 aromatic rings. The Balaban J connectivity index is 1.94. The van der Waals surface area contributed by atoms with Crippen molar-refractivity contribution in [1.82, 2.24) is 10.3 Å². The van der Waals surface area contributed by atoms with E-state index in [1.807, 2.05) is 13.1 Å². The van der Waals surface area contributed by atoms with Crippen molar-refractivity contribution < 1.29 is 9.47 Å². The maximum absolute atomic E-state index is 5.41. The molecule has 1 fully saturated rings. The molecule has 1 aliphatic carbocycles. The molecule has 4 nitrogen and oxygen atoms in total. The maximum atomic E-state index is 5.41. The van der Waals surface area contributed by atoms with Gasteiger partial charge >= 0.3 is 0 Å². The molecule has 0 amide bonds. The fraction of sp³-hybridized carbons (Fsp3) is 0.643. The zero-order valence-electron chi connectivity index (χ0n) is 11.6. The van der Waals surface area contributed by atoms with E-state index in [0.29, 0.717) is 12.1 Å². The summed E-state index contributed by atoms with van der Waals surface area (Å²) in [6, 6.07) is 0.559. The van der Waals surface area contributed by atoms with Crippen LogP contribution in [0.1, 0.15) is 29.7 Å². The van der Waals surface area contributed by atoms with Gasteiger partial charge in [0.2, 0.25) is 0 Å². The van der Waals surface area contributed by atoms with E-state index in [1.165, 1.54) is 0 Å². The van der Waals surface area contributed by atoms with Crippen molar-refractivity contribution in [2.75, 3.05) is 14.2 Å². The third-order valence-electron chi connectivity index (χ3n) is 3.74. The van der Waals surface area contributed by atoms with Crippen molar-refractivity contribution in [3.05, 3.63) is 23.0 Å². The molecule has 0 saturated heterocycles. The third kappa shape index (κ3) is 2.65. The first-order valence-corrected chi connectivity index (χ1v) is 6.41. The van der Waals surface area contributed by atoms with Crippen LogP contribution in [0.3, 0.4) is 0 Å². The molecule has 0 atom stereocenters. The van der Waals surface area contributed by atoms with Crippen LogP contribution in [0.5, 0.6) is 5.75 Å². The van der Waals surface area contributed by atoms with Crippen molar-refractivity contribution in [1.29, 1.82) is 0 Å². The Morgan fingerprint density at radius 1 is 1.33 bits per heavy atom. The summed E-state index contributed by atoms with van der Waals surface area (Å²) in [5.41, 5.74) is 3.28. The molecule has 0 aliphatic heterocycles. The lowest BCUT2D eigenvalue weighted by molar-refractivity contribution is 0.0169. The SMILES string of the molecule is COc1c(C)cnc(CNC2CC(OC)C2)c1C. The molecule has 100 valence electrons. The summed E-state index contributed by atoms with van der Waals surface area (Å²) in [4.78, 5) is 4.48. The van der Waals surface area contributed by atoms with Crippen molar-refractivity contribution in [2.24, 2.45) is 0 Å². The Bertz CT molecular complexity index is 415.